The molecule has 2 aliphatic rings. The average molecular weight is 420 g/mol. The minimum absolute atomic E-state index is 0.167. The van der Waals surface area contributed by atoms with E-state index in [0.717, 1.165) is 12.8 Å². The zero-order chi connectivity index (χ0) is 22.0. The number of fused-ring (bicyclic) bond motifs is 2. The summed E-state index contributed by atoms with van der Waals surface area (Å²) in [4.78, 5) is 53.6. The maximum absolute atomic E-state index is 13.4. The molecule has 0 spiro atoms. The molecule has 2 heterocycles. The van der Waals surface area contributed by atoms with Gasteiger partial charge in [0.2, 0.25) is 17.7 Å². The summed E-state index contributed by atoms with van der Waals surface area (Å²) in [5.41, 5.74) is 1.95. The van der Waals surface area contributed by atoms with Gasteiger partial charge in [0.05, 0.1) is 11.3 Å². The standard InChI is InChI=1S/C23H24N4O4/c1-15(28)24-16-7-6-8-17(13-16)25-21(29)14-27-19-10-3-2-9-18(19)22(30)26-12-5-4-11-20(26)23(27)31/h2-3,6-10,13,20H,4-5,11-12,14H2,1H3,(H,24,28)(H,25,29)/t20-/m1/s1. The molecule has 0 bridgehead atoms. The third-order valence-electron chi connectivity index (χ3n) is 5.51. The molecule has 2 N–H and O–H groups in total. The lowest BCUT2D eigenvalue weighted by molar-refractivity contribution is -0.125. The van der Waals surface area contributed by atoms with Gasteiger partial charge in [-0.1, -0.05) is 18.2 Å². The molecule has 0 aromatic heterocycles. The predicted octanol–water partition coefficient (Wildman–Crippen LogP) is 2.62. The molecule has 0 unspecified atom stereocenters. The van der Waals surface area contributed by atoms with Crippen LogP contribution >= 0.6 is 0 Å². The number of para-hydroxylation sites is 1. The Morgan fingerprint density at radius 2 is 1.74 bits per heavy atom. The molecular weight excluding hydrogens is 396 g/mol. The second kappa shape index (κ2) is 8.59. The van der Waals surface area contributed by atoms with Gasteiger partial charge in [0.15, 0.2) is 0 Å². The van der Waals surface area contributed by atoms with Crippen LogP contribution in [-0.2, 0) is 14.4 Å². The lowest BCUT2D eigenvalue weighted by Crippen LogP contribution is -2.52. The van der Waals surface area contributed by atoms with Crippen molar-refractivity contribution in [3.05, 3.63) is 54.1 Å². The molecule has 1 fully saturated rings. The Morgan fingerprint density at radius 1 is 1.00 bits per heavy atom. The van der Waals surface area contributed by atoms with E-state index in [4.69, 9.17) is 0 Å². The van der Waals surface area contributed by atoms with Gasteiger partial charge in [0.1, 0.15) is 12.6 Å². The molecule has 4 amide bonds. The van der Waals surface area contributed by atoms with E-state index < -0.39 is 6.04 Å². The predicted molar refractivity (Wildman–Crippen MR) is 117 cm³/mol. The molecule has 1 atom stereocenters. The van der Waals surface area contributed by atoms with Crippen LogP contribution in [0, 0.1) is 0 Å². The Labute approximate surface area is 180 Å². The Kier molecular flexibility index (Phi) is 5.70. The monoisotopic (exact) mass is 420 g/mol. The topological polar surface area (TPSA) is 98.8 Å². The summed E-state index contributed by atoms with van der Waals surface area (Å²) in [6.07, 6.45) is 2.32. The molecule has 0 saturated carbocycles. The molecule has 1 saturated heterocycles. The number of rotatable bonds is 4. The van der Waals surface area contributed by atoms with Crippen LogP contribution in [0.3, 0.4) is 0 Å². The highest BCUT2D eigenvalue weighted by Crippen LogP contribution is 2.31. The highest BCUT2D eigenvalue weighted by atomic mass is 16.2. The van der Waals surface area contributed by atoms with Crippen molar-refractivity contribution in [3.63, 3.8) is 0 Å². The van der Waals surface area contributed by atoms with Crippen molar-refractivity contribution in [3.8, 4) is 0 Å². The van der Waals surface area contributed by atoms with Gasteiger partial charge < -0.3 is 20.4 Å². The number of nitrogens with zero attached hydrogens (tertiary/aromatic N) is 2. The average Bonchev–Trinajstić information content (AvgIpc) is 2.84. The number of hydrogen-bond donors (Lipinski definition) is 2. The lowest BCUT2D eigenvalue weighted by atomic mass is 10.0. The van der Waals surface area contributed by atoms with Gasteiger partial charge in [-0.15, -0.1) is 0 Å². The quantitative estimate of drug-likeness (QED) is 0.794. The highest BCUT2D eigenvalue weighted by molar-refractivity contribution is 6.13. The van der Waals surface area contributed by atoms with E-state index in [-0.39, 0.29) is 30.2 Å². The number of piperidine rings is 1. The zero-order valence-corrected chi connectivity index (χ0v) is 17.3. The van der Waals surface area contributed by atoms with E-state index in [1.54, 1.807) is 53.4 Å². The number of carbonyl (C=O) groups is 4. The van der Waals surface area contributed by atoms with Crippen LogP contribution in [0.5, 0.6) is 0 Å². The van der Waals surface area contributed by atoms with Crippen LogP contribution in [0.15, 0.2) is 48.5 Å². The second-order valence-electron chi connectivity index (χ2n) is 7.76. The van der Waals surface area contributed by atoms with Crippen molar-refractivity contribution in [1.82, 2.24) is 4.90 Å². The molecule has 160 valence electrons. The van der Waals surface area contributed by atoms with Crippen molar-refractivity contribution in [2.24, 2.45) is 0 Å². The second-order valence-corrected chi connectivity index (χ2v) is 7.76. The van der Waals surface area contributed by atoms with E-state index in [0.29, 0.717) is 35.6 Å². The van der Waals surface area contributed by atoms with Gasteiger partial charge in [-0.25, -0.2) is 0 Å². The minimum Gasteiger partial charge on any atom is -0.327 e. The van der Waals surface area contributed by atoms with Crippen molar-refractivity contribution in [2.45, 2.75) is 32.2 Å². The van der Waals surface area contributed by atoms with Crippen LogP contribution in [-0.4, -0.2) is 47.7 Å². The van der Waals surface area contributed by atoms with Crippen LogP contribution in [0.1, 0.15) is 36.5 Å². The summed E-state index contributed by atoms with van der Waals surface area (Å²) in [7, 11) is 0. The third-order valence-corrected chi connectivity index (χ3v) is 5.51. The van der Waals surface area contributed by atoms with E-state index in [2.05, 4.69) is 10.6 Å². The number of hydrogen-bond acceptors (Lipinski definition) is 4. The first kappa shape index (κ1) is 20.6. The molecule has 8 nitrogen and oxygen atoms in total. The zero-order valence-electron chi connectivity index (χ0n) is 17.3. The first-order chi connectivity index (χ1) is 14.9. The first-order valence-corrected chi connectivity index (χ1v) is 10.3. The van der Waals surface area contributed by atoms with Gasteiger partial charge in [-0.05, 0) is 49.6 Å². The fourth-order valence-corrected chi connectivity index (χ4v) is 4.16. The van der Waals surface area contributed by atoms with Crippen molar-refractivity contribution in [2.75, 3.05) is 28.6 Å². The van der Waals surface area contributed by atoms with E-state index >= 15 is 0 Å². The molecule has 2 aliphatic heterocycles. The third kappa shape index (κ3) is 4.28. The molecule has 4 rings (SSSR count). The summed E-state index contributed by atoms with van der Waals surface area (Å²) in [5, 5.41) is 5.44. The molecule has 2 aromatic carbocycles. The highest BCUT2D eigenvalue weighted by Gasteiger charge is 2.40. The minimum atomic E-state index is -0.551. The Morgan fingerprint density at radius 3 is 2.52 bits per heavy atom. The van der Waals surface area contributed by atoms with Crippen LogP contribution < -0.4 is 15.5 Å². The first-order valence-electron chi connectivity index (χ1n) is 10.3. The summed E-state index contributed by atoms with van der Waals surface area (Å²) >= 11 is 0. The van der Waals surface area contributed by atoms with Gasteiger partial charge in [-0.3, -0.25) is 19.2 Å². The van der Waals surface area contributed by atoms with E-state index in [1.807, 2.05) is 0 Å². The largest absolute Gasteiger partial charge is 0.327 e. The SMILES string of the molecule is CC(=O)Nc1cccc(NC(=O)CN2C(=O)[C@H]3CCCCN3C(=O)c3ccccc32)c1. The maximum Gasteiger partial charge on any atom is 0.256 e. The summed E-state index contributed by atoms with van der Waals surface area (Å²) in [6, 6.07) is 13.1. The number of nitrogens with one attached hydrogen (secondary N) is 2. The van der Waals surface area contributed by atoms with E-state index in [1.165, 1.54) is 11.8 Å². The Hall–Kier alpha value is -3.68. The van der Waals surface area contributed by atoms with Crippen LogP contribution in [0.2, 0.25) is 0 Å². The molecule has 0 radical (unpaired) electrons. The van der Waals surface area contributed by atoms with Gasteiger partial charge in [-0.2, -0.15) is 0 Å². The summed E-state index contributed by atoms with van der Waals surface area (Å²) < 4.78 is 0. The summed E-state index contributed by atoms with van der Waals surface area (Å²) in [6.45, 7) is 1.74. The fraction of sp³-hybridized carbons (Fsp3) is 0.304. The number of carbonyl (C=O) groups excluding carboxylic acids is 4. The Balaban J connectivity index is 1.58. The van der Waals surface area contributed by atoms with Crippen molar-refractivity contribution >= 4 is 40.7 Å². The van der Waals surface area contributed by atoms with Gasteiger partial charge in [0, 0.05) is 24.8 Å². The fourth-order valence-electron chi connectivity index (χ4n) is 4.16. The van der Waals surface area contributed by atoms with E-state index in [9.17, 15) is 19.2 Å². The summed E-state index contributed by atoms with van der Waals surface area (Å²) in [5.74, 6) is -1.00. The molecule has 8 heteroatoms. The van der Waals surface area contributed by atoms with Gasteiger partial charge >= 0.3 is 0 Å². The number of anilines is 3. The van der Waals surface area contributed by atoms with Crippen molar-refractivity contribution in [1.29, 1.82) is 0 Å². The maximum atomic E-state index is 13.4. The molecule has 0 aliphatic carbocycles. The Bertz CT molecular complexity index is 1050. The normalized spacial score (nSPS) is 18.0. The van der Waals surface area contributed by atoms with Crippen LogP contribution in [0.4, 0.5) is 17.1 Å². The lowest BCUT2D eigenvalue weighted by Gasteiger charge is -2.34. The number of benzene rings is 2. The molecular formula is C23H24N4O4. The molecule has 2 aromatic rings. The number of amides is 4. The molecule has 31 heavy (non-hydrogen) atoms. The van der Waals surface area contributed by atoms with Crippen LogP contribution in [0.25, 0.3) is 0 Å². The van der Waals surface area contributed by atoms with Crippen molar-refractivity contribution < 1.29 is 19.2 Å². The smallest absolute Gasteiger partial charge is 0.256 e. The van der Waals surface area contributed by atoms with Gasteiger partial charge in [0.25, 0.3) is 5.91 Å².